The third-order valence-corrected chi connectivity index (χ3v) is 8.50. The Morgan fingerprint density at radius 1 is 1.28 bits per heavy atom. The van der Waals surface area contributed by atoms with E-state index >= 15 is 0 Å². The molecule has 1 heterocycles. The van der Waals surface area contributed by atoms with Gasteiger partial charge in [0.1, 0.15) is 5.67 Å². The average molecular weight is 439 g/mol. The van der Waals surface area contributed by atoms with Crippen molar-refractivity contribution in [2.75, 3.05) is 6.54 Å². The number of nitrogens with two attached hydrogens (primary N) is 1. The van der Waals surface area contributed by atoms with Gasteiger partial charge in [-0.3, -0.25) is 9.69 Å². The van der Waals surface area contributed by atoms with Gasteiger partial charge in [-0.1, -0.05) is 19.9 Å². The molecule has 5 atom stereocenters. The molecule has 1 aromatic carbocycles. The maximum absolute atomic E-state index is 14.2. The Hall–Kier alpha value is -2.46. The van der Waals surface area contributed by atoms with E-state index in [1.54, 1.807) is 24.0 Å². The normalized spacial score (nSPS) is 42.7. The Balaban J connectivity index is 1.60. The number of rotatable bonds is 2. The summed E-state index contributed by atoms with van der Waals surface area (Å²) >= 11 is 0. The van der Waals surface area contributed by atoms with Gasteiger partial charge in [-0.25, -0.2) is 9.38 Å². The number of hydrogen-bond acceptors (Lipinski definition) is 5. The second-order valence-corrected chi connectivity index (χ2v) is 11.1. The number of halogens is 1. The van der Waals surface area contributed by atoms with Crippen LogP contribution in [0.2, 0.25) is 0 Å². The summed E-state index contributed by atoms with van der Waals surface area (Å²) in [6, 6.07) is 7.71. The molecule has 1 aromatic rings. The standard InChI is InChI=1S/C25H31FN4O2/c1-14-7-24(8-15(2)20(14)31)11-18-5-4-16(12-27)6-19(18)25(24)21(32)30(22(28)29-25)13-17-9-23(3,26)10-17/h4-6,14-15,17,20,31H,7-11,13H2,1-3H3,(H2,28,29)/t14-,15+,17?,20?,23?,24?,25-/m1/s1. The molecule has 0 saturated heterocycles. The summed E-state index contributed by atoms with van der Waals surface area (Å²) in [5, 5.41) is 20.2. The summed E-state index contributed by atoms with van der Waals surface area (Å²) < 4.78 is 14.1. The number of carbonyl (C=O) groups excluding carboxylic acids is 1. The molecule has 32 heavy (non-hydrogen) atoms. The number of aliphatic hydroxyl groups excluding tert-OH is 1. The van der Waals surface area contributed by atoms with E-state index in [1.165, 1.54) is 0 Å². The molecule has 5 rings (SSSR count). The molecule has 0 radical (unpaired) electrons. The van der Waals surface area contributed by atoms with Gasteiger partial charge in [-0.15, -0.1) is 0 Å². The second-order valence-electron chi connectivity index (χ2n) is 11.1. The van der Waals surface area contributed by atoms with E-state index in [-0.39, 0.29) is 29.6 Å². The van der Waals surface area contributed by atoms with Crippen LogP contribution in [0.15, 0.2) is 23.2 Å². The van der Waals surface area contributed by atoms with Crippen molar-refractivity contribution >= 4 is 11.9 Å². The maximum Gasteiger partial charge on any atom is 0.262 e. The van der Waals surface area contributed by atoms with Crippen LogP contribution in [-0.4, -0.2) is 40.2 Å². The van der Waals surface area contributed by atoms with Crippen LogP contribution in [0.3, 0.4) is 0 Å². The quantitative estimate of drug-likeness (QED) is 0.741. The van der Waals surface area contributed by atoms with Crippen LogP contribution in [0.4, 0.5) is 4.39 Å². The predicted molar refractivity (Wildman–Crippen MR) is 118 cm³/mol. The fourth-order valence-electron chi connectivity index (χ4n) is 7.28. The lowest BCUT2D eigenvalue weighted by Crippen LogP contribution is -2.56. The lowest BCUT2D eigenvalue weighted by molar-refractivity contribution is -0.142. The monoisotopic (exact) mass is 438 g/mol. The summed E-state index contributed by atoms with van der Waals surface area (Å²) in [6.07, 6.45) is 2.37. The molecule has 3 N–H and O–H groups in total. The first-order chi connectivity index (χ1) is 15.0. The number of carbonyl (C=O) groups is 1. The highest BCUT2D eigenvalue weighted by atomic mass is 19.1. The third-order valence-electron chi connectivity index (χ3n) is 8.50. The fraction of sp³-hybridized carbons (Fsp3) is 0.640. The minimum atomic E-state index is -1.19. The van der Waals surface area contributed by atoms with Gasteiger partial charge in [0, 0.05) is 12.0 Å². The first-order valence-electron chi connectivity index (χ1n) is 11.6. The second kappa shape index (κ2) is 6.77. The van der Waals surface area contributed by atoms with E-state index in [0.717, 1.165) is 11.1 Å². The summed E-state index contributed by atoms with van der Waals surface area (Å²) in [5.74, 6) is 0.108. The fourth-order valence-corrected chi connectivity index (χ4v) is 7.28. The van der Waals surface area contributed by atoms with E-state index in [0.29, 0.717) is 44.2 Å². The van der Waals surface area contributed by atoms with E-state index < -0.39 is 22.7 Å². The first kappa shape index (κ1) is 21.4. The average Bonchev–Trinajstić information content (AvgIpc) is 3.11. The smallest absolute Gasteiger partial charge is 0.262 e. The van der Waals surface area contributed by atoms with E-state index in [2.05, 4.69) is 6.07 Å². The van der Waals surface area contributed by atoms with Gasteiger partial charge >= 0.3 is 0 Å². The Labute approximate surface area is 188 Å². The summed E-state index contributed by atoms with van der Waals surface area (Å²) in [5.41, 5.74) is 5.79. The number of aliphatic imine (C=N–C) groups is 1. The topological polar surface area (TPSA) is 103 Å². The number of fused-ring (bicyclic) bond motifs is 3. The molecule has 6 nitrogen and oxygen atoms in total. The molecule has 2 saturated carbocycles. The zero-order chi connectivity index (χ0) is 23.1. The van der Waals surface area contributed by atoms with Crippen molar-refractivity contribution in [1.29, 1.82) is 5.26 Å². The number of guanidine groups is 1. The highest BCUT2D eigenvalue weighted by molar-refractivity contribution is 6.08. The van der Waals surface area contributed by atoms with Gasteiger partial charge in [-0.05, 0) is 80.0 Å². The van der Waals surface area contributed by atoms with Crippen molar-refractivity contribution in [1.82, 2.24) is 4.90 Å². The number of nitrogens with zero attached hydrogens (tertiary/aromatic N) is 3. The largest absolute Gasteiger partial charge is 0.393 e. The van der Waals surface area contributed by atoms with Gasteiger partial charge in [0.15, 0.2) is 11.5 Å². The molecule has 2 spiro atoms. The number of amides is 1. The van der Waals surface area contributed by atoms with Gasteiger partial charge in [-0.2, -0.15) is 5.26 Å². The van der Waals surface area contributed by atoms with Crippen LogP contribution in [0.25, 0.3) is 0 Å². The molecule has 170 valence electrons. The number of benzene rings is 1. The lowest BCUT2D eigenvalue weighted by Gasteiger charge is -2.49. The van der Waals surface area contributed by atoms with E-state index in [4.69, 9.17) is 10.7 Å². The molecule has 1 aliphatic heterocycles. The SMILES string of the molecule is C[C@@H]1CC2(Cc3ccc(C#N)cc3[C@]23N=C(N)N(CC2CC(C)(F)C2)C3=O)C[C@H](C)C1O. The molecule has 2 unspecified atom stereocenters. The molecular formula is C25H31FN4O2. The van der Waals surface area contributed by atoms with Crippen molar-refractivity contribution in [3.8, 4) is 6.07 Å². The van der Waals surface area contributed by atoms with Crippen molar-refractivity contribution < 1.29 is 14.3 Å². The van der Waals surface area contributed by atoms with Crippen LogP contribution in [-0.2, 0) is 16.8 Å². The zero-order valence-electron chi connectivity index (χ0n) is 18.9. The van der Waals surface area contributed by atoms with Crippen LogP contribution in [0.1, 0.15) is 63.1 Å². The lowest BCUT2D eigenvalue weighted by atomic mass is 9.56. The molecule has 1 amide bonds. The first-order valence-corrected chi connectivity index (χ1v) is 11.6. The van der Waals surface area contributed by atoms with Crippen molar-refractivity contribution in [3.05, 3.63) is 34.9 Å². The van der Waals surface area contributed by atoms with Crippen LogP contribution in [0, 0.1) is 34.5 Å². The number of alkyl halides is 1. The Kier molecular flexibility index (Phi) is 4.53. The van der Waals surface area contributed by atoms with Gasteiger partial charge in [0.25, 0.3) is 5.91 Å². The molecule has 0 aromatic heterocycles. The summed E-state index contributed by atoms with van der Waals surface area (Å²) in [4.78, 5) is 20.7. The van der Waals surface area contributed by atoms with Crippen molar-refractivity contribution in [3.63, 3.8) is 0 Å². The minimum Gasteiger partial charge on any atom is -0.393 e. The van der Waals surface area contributed by atoms with Crippen LogP contribution < -0.4 is 5.73 Å². The molecule has 2 fully saturated rings. The number of aliphatic hydroxyl groups is 1. The highest BCUT2D eigenvalue weighted by Gasteiger charge is 2.68. The van der Waals surface area contributed by atoms with Gasteiger partial charge < -0.3 is 10.8 Å². The number of hydrogen-bond donors (Lipinski definition) is 2. The number of nitriles is 1. The Morgan fingerprint density at radius 2 is 1.94 bits per heavy atom. The summed E-state index contributed by atoms with van der Waals surface area (Å²) in [6.45, 7) is 6.02. The van der Waals surface area contributed by atoms with Crippen LogP contribution >= 0.6 is 0 Å². The third kappa shape index (κ3) is 2.78. The molecule has 3 aliphatic carbocycles. The molecule has 4 aliphatic rings. The van der Waals surface area contributed by atoms with Crippen molar-refractivity contribution in [2.45, 2.75) is 70.2 Å². The highest BCUT2D eigenvalue weighted by Crippen LogP contribution is 2.63. The molecular weight excluding hydrogens is 407 g/mol. The Bertz CT molecular complexity index is 1040. The molecule has 0 bridgehead atoms. The zero-order valence-corrected chi connectivity index (χ0v) is 18.9. The minimum absolute atomic E-state index is 0.0116. The van der Waals surface area contributed by atoms with Gasteiger partial charge in [0.05, 0.1) is 17.7 Å². The Morgan fingerprint density at radius 3 is 2.53 bits per heavy atom. The van der Waals surface area contributed by atoms with Gasteiger partial charge in [0.2, 0.25) is 0 Å². The van der Waals surface area contributed by atoms with Crippen LogP contribution in [0.5, 0.6) is 0 Å². The summed E-state index contributed by atoms with van der Waals surface area (Å²) in [7, 11) is 0. The van der Waals surface area contributed by atoms with E-state index in [1.807, 2.05) is 19.9 Å². The van der Waals surface area contributed by atoms with E-state index in [9.17, 15) is 19.6 Å². The molecule has 7 heteroatoms. The maximum atomic E-state index is 14.2. The van der Waals surface area contributed by atoms with Crippen molar-refractivity contribution in [2.24, 2.45) is 33.9 Å². The predicted octanol–water partition coefficient (Wildman–Crippen LogP) is 3.02.